The van der Waals surface area contributed by atoms with E-state index in [1.165, 1.54) is 4.31 Å². The molecule has 104 valence electrons. The molecule has 0 spiro atoms. The Labute approximate surface area is 106 Å². The van der Waals surface area contributed by atoms with Crippen molar-refractivity contribution in [3.05, 3.63) is 0 Å². The van der Waals surface area contributed by atoms with Crippen LogP contribution in [0.25, 0.3) is 0 Å². The first kappa shape index (κ1) is 13.7. The van der Waals surface area contributed by atoms with Gasteiger partial charge in [0.15, 0.2) is 0 Å². The van der Waals surface area contributed by atoms with Crippen molar-refractivity contribution in [2.45, 2.75) is 31.2 Å². The quantitative estimate of drug-likeness (QED) is 0.726. The van der Waals surface area contributed by atoms with Gasteiger partial charge in [-0.1, -0.05) is 12.8 Å². The highest BCUT2D eigenvalue weighted by atomic mass is 32.2. The topological polar surface area (TPSA) is 95.9 Å². The Balaban J connectivity index is 2.12. The third kappa shape index (κ3) is 2.66. The summed E-state index contributed by atoms with van der Waals surface area (Å²) in [4.78, 5) is 11.3. The highest BCUT2D eigenvalue weighted by Crippen LogP contribution is 2.31. The van der Waals surface area contributed by atoms with Crippen LogP contribution in [0.5, 0.6) is 0 Å². The zero-order valence-corrected chi connectivity index (χ0v) is 10.9. The summed E-state index contributed by atoms with van der Waals surface area (Å²) in [5, 5.41) is 9.26. The number of ether oxygens (including phenoxy) is 1. The van der Waals surface area contributed by atoms with E-state index in [1.54, 1.807) is 0 Å². The van der Waals surface area contributed by atoms with E-state index in [2.05, 4.69) is 4.72 Å². The molecule has 0 bridgehead atoms. The van der Waals surface area contributed by atoms with Gasteiger partial charge in [-0.05, 0) is 12.8 Å². The van der Waals surface area contributed by atoms with Crippen LogP contribution in [0.2, 0.25) is 0 Å². The molecular formula is C10H18N2O5S. The molecule has 1 heterocycles. The van der Waals surface area contributed by atoms with Crippen LogP contribution in [0.15, 0.2) is 0 Å². The molecule has 2 N–H and O–H groups in total. The van der Waals surface area contributed by atoms with Gasteiger partial charge in [-0.2, -0.15) is 17.4 Å². The van der Waals surface area contributed by atoms with Crippen LogP contribution in [-0.2, 0) is 19.7 Å². The number of morpholine rings is 1. The number of carbonyl (C=O) groups is 1. The molecule has 1 aliphatic carbocycles. The molecule has 2 fully saturated rings. The summed E-state index contributed by atoms with van der Waals surface area (Å²) in [5.74, 6) is -1.09. The Morgan fingerprint density at radius 1 is 1.22 bits per heavy atom. The zero-order valence-electron chi connectivity index (χ0n) is 10.1. The Morgan fingerprint density at radius 2 is 1.78 bits per heavy atom. The summed E-state index contributed by atoms with van der Waals surface area (Å²) in [5.41, 5.74) is -1.32. The number of rotatable bonds is 4. The van der Waals surface area contributed by atoms with Gasteiger partial charge < -0.3 is 9.84 Å². The van der Waals surface area contributed by atoms with E-state index in [9.17, 15) is 18.3 Å². The van der Waals surface area contributed by atoms with Crippen molar-refractivity contribution in [3.63, 3.8) is 0 Å². The van der Waals surface area contributed by atoms with Gasteiger partial charge in [-0.15, -0.1) is 0 Å². The lowest BCUT2D eigenvalue weighted by Gasteiger charge is -2.31. The number of nitrogens with zero attached hydrogens (tertiary/aromatic N) is 1. The zero-order chi connectivity index (χ0) is 13.2. The molecule has 0 aromatic rings. The van der Waals surface area contributed by atoms with Gasteiger partial charge in [0.1, 0.15) is 5.54 Å². The van der Waals surface area contributed by atoms with Crippen LogP contribution >= 0.6 is 0 Å². The standard InChI is InChI=1S/C10H18N2O5S/c13-9(14)10(3-1-2-4-10)11-18(15,16)12-5-7-17-8-6-12/h11H,1-8H2,(H,13,14). The van der Waals surface area contributed by atoms with Crippen LogP contribution in [0.4, 0.5) is 0 Å². The minimum atomic E-state index is -3.75. The minimum absolute atomic E-state index is 0.269. The summed E-state index contributed by atoms with van der Waals surface area (Å²) in [6.07, 6.45) is 2.17. The van der Waals surface area contributed by atoms with Gasteiger partial charge in [0.25, 0.3) is 10.2 Å². The van der Waals surface area contributed by atoms with Gasteiger partial charge in [0.05, 0.1) is 13.2 Å². The van der Waals surface area contributed by atoms with E-state index >= 15 is 0 Å². The van der Waals surface area contributed by atoms with Gasteiger partial charge in [0.2, 0.25) is 0 Å². The molecule has 7 nitrogen and oxygen atoms in total. The molecule has 0 atom stereocenters. The summed E-state index contributed by atoms with van der Waals surface area (Å²) < 4.78 is 33.0. The first-order valence-corrected chi connectivity index (χ1v) is 7.50. The normalized spacial score (nSPS) is 25.1. The average Bonchev–Trinajstić information content (AvgIpc) is 2.79. The van der Waals surface area contributed by atoms with E-state index in [0.29, 0.717) is 26.1 Å². The second kappa shape index (κ2) is 5.12. The van der Waals surface area contributed by atoms with Gasteiger partial charge in [-0.3, -0.25) is 4.79 Å². The fourth-order valence-corrected chi connectivity index (χ4v) is 3.98. The number of carboxylic acids is 1. The lowest BCUT2D eigenvalue weighted by molar-refractivity contribution is -0.143. The first-order valence-electron chi connectivity index (χ1n) is 6.06. The smallest absolute Gasteiger partial charge is 0.324 e. The van der Waals surface area contributed by atoms with E-state index in [1.807, 2.05) is 0 Å². The molecule has 0 radical (unpaired) electrons. The maximum absolute atomic E-state index is 12.1. The lowest BCUT2D eigenvalue weighted by Crippen LogP contribution is -2.58. The highest BCUT2D eigenvalue weighted by Gasteiger charge is 2.45. The van der Waals surface area contributed by atoms with Crippen molar-refractivity contribution in [1.82, 2.24) is 9.03 Å². The van der Waals surface area contributed by atoms with Gasteiger partial charge >= 0.3 is 5.97 Å². The van der Waals surface area contributed by atoms with Crippen LogP contribution < -0.4 is 4.72 Å². The van der Waals surface area contributed by atoms with E-state index in [4.69, 9.17) is 4.74 Å². The van der Waals surface area contributed by atoms with Crippen molar-refractivity contribution in [2.75, 3.05) is 26.3 Å². The molecule has 8 heteroatoms. The molecule has 18 heavy (non-hydrogen) atoms. The molecule has 1 saturated carbocycles. The predicted octanol–water partition coefficient (Wildman–Crippen LogP) is -0.450. The lowest BCUT2D eigenvalue weighted by atomic mass is 10.0. The average molecular weight is 278 g/mol. The maximum Gasteiger partial charge on any atom is 0.324 e. The number of carboxylic acid groups (broad SMARTS) is 1. The van der Waals surface area contributed by atoms with Crippen molar-refractivity contribution in [1.29, 1.82) is 0 Å². The van der Waals surface area contributed by atoms with Crippen molar-refractivity contribution in [2.24, 2.45) is 0 Å². The van der Waals surface area contributed by atoms with Crippen molar-refractivity contribution < 1.29 is 23.1 Å². The predicted molar refractivity (Wildman–Crippen MR) is 63.3 cm³/mol. The second-order valence-electron chi connectivity index (χ2n) is 4.71. The first-order chi connectivity index (χ1) is 8.46. The largest absolute Gasteiger partial charge is 0.480 e. The van der Waals surface area contributed by atoms with Gasteiger partial charge in [0, 0.05) is 13.1 Å². The van der Waals surface area contributed by atoms with E-state index in [-0.39, 0.29) is 13.1 Å². The SMILES string of the molecule is O=C(O)C1(NS(=O)(=O)N2CCOCC2)CCCC1. The van der Waals surface area contributed by atoms with Crippen LogP contribution in [0.1, 0.15) is 25.7 Å². The van der Waals surface area contributed by atoms with Crippen LogP contribution in [0.3, 0.4) is 0 Å². The number of nitrogens with one attached hydrogen (secondary N) is 1. The molecule has 2 aliphatic rings. The van der Waals surface area contributed by atoms with E-state index in [0.717, 1.165) is 12.8 Å². The van der Waals surface area contributed by atoms with Crippen molar-refractivity contribution >= 4 is 16.2 Å². The maximum atomic E-state index is 12.1. The molecule has 2 rings (SSSR count). The monoisotopic (exact) mass is 278 g/mol. The second-order valence-corrected chi connectivity index (χ2v) is 6.38. The minimum Gasteiger partial charge on any atom is -0.480 e. The Hall–Kier alpha value is -0.700. The van der Waals surface area contributed by atoms with Gasteiger partial charge in [-0.25, -0.2) is 0 Å². The fourth-order valence-electron chi connectivity index (χ4n) is 2.44. The summed E-state index contributed by atoms with van der Waals surface area (Å²) in [6.45, 7) is 1.23. The molecule has 1 aliphatic heterocycles. The fraction of sp³-hybridized carbons (Fsp3) is 0.900. The Bertz CT molecular complexity index is 410. The number of hydrogen-bond acceptors (Lipinski definition) is 4. The summed E-state index contributed by atoms with van der Waals surface area (Å²) >= 11 is 0. The molecule has 0 unspecified atom stereocenters. The number of aliphatic carboxylic acids is 1. The number of hydrogen-bond donors (Lipinski definition) is 2. The Kier molecular flexibility index (Phi) is 3.90. The van der Waals surface area contributed by atoms with Crippen molar-refractivity contribution in [3.8, 4) is 0 Å². The highest BCUT2D eigenvalue weighted by molar-refractivity contribution is 7.87. The summed E-state index contributed by atoms with van der Waals surface area (Å²) in [6, 6.07) is 0. The van der Waals surface area contributed by atoms with Crippen LogP contribution in [0, 0.1) is 0 Å². The Morgan fingerprint density at radius 3 is 2.28 bits per heavy atom. The third-order valence-corrected chi connectivity index (χ3v) is 5.19. The molecular weight excluding hydrogens is 260 g/mol. The van der Waals surface area contributed by atoms with Crippen LogP contribution in [-0.4, -0.2) is 55.6 Å². The third-order valence-electron chi connectivity index (χ3n) is 3.50. The summed E-state index contributed by atoms with van der Waals surface area (Å²) in [7, 11) is -3.75. The molecule has 0 amide bonds. The molecule has 0 aromatic carbocycles. The van der Waals surface area contributed by atoms with E-state index < -0.39 is 21.7 Å². The molecule has 1 saturated heterocycles. The molecule has 0 aromatic heterocycles.